The summed E-state index contributed by atoms with van der Waals surface area (Å²) in [5, 5.41) is 1.51. The van der Waals surface area contributed by atoms with Crippen LogP contribution in [0.5, 0.6) is 0 Å². The zero-order valence-electron chi connectivity index (χ0n) is 12.3. The van der Waals surface area contributed by atoms with E-state index in [9.17, 15) is 4.79 Å². The Bertz CT molecular complexity index is 652. The van der Waals surface area contributed by atoms with Crippen molar-refractivity contribution in [2.75, 3.05) is 5.75 Å². The van der Waals surface area contributed by atoms with Crippen LogP contribution in [-0.2, 0) is 13.0 Å². The maximum Gasteiger partial charge on any atom is 0.257 e. The number of thioether (sulfide) groups is 1. The highest BCUT2D eigenvalue weighted by atomic mass is 35.5. The maximum absolute atomic E-state index is 12.6. The number of nitrogens with zero attached hydrogens (tertiary/aromatic N) is 2. The summed E-state index contributed by atoms with van der Waals surface area (Å²) >= 11 is 7.49. The molecule has 0 atom stereocenters. The molecule has 2 rings (SSSR count). The Hall–Kier alpha value is -1.26. The van der Waals surface area contributed by atoms with Gasteiger partial charge in [-0.25, -0.2) is 4.98 Å². The van der Waals surface area contributed by atoms with E-state index < -0.39 is 0 Å². The molecule has 112 valence electrons. The molecule has 21 heavy (non-hydrogen) atoms. The molecule has 0 radical (unpaired) electrons. The summed E-state index contributed by atoms with van der Waals surface area (Å²) in [5.74, 6) is 0.909. The lowest BCUT2D eigenvalue weighted by Gasteiger charge is -2.11. The van der Waals surface area contributed by atoms with Crippen LogP contribution >= 0.6 is 23.4 Å². The number of aromatic nitrogens is 2. The van der Waals surface area contributed by atoms with Crippen molar-refractivity contribution in [3.8, 4) is 0 Å². The third-order valence-corrected chi connectivity index (χ3v) is 4.23. The Morgan fingerprint density at radius 2 is 1.95 bits per heavy atom. The first-order valence-corrected chi connectivity index (χ1v) is 8.48. The molecule has 0 aliphatic rings. The van der Waals surface area contributed by atoms with Crippen molar-refractivity contribution in [3.05, 3.63) is 57.0 Å². The molecule has 0 amide bonds. The Kier molecular flexibility index (Phi) is 5.88. The number of rotatable bonds is 6. The second-order valence-electron chi connectivity index (χ2n) is 4.76. The largest absolute Gasteiger partial charge is 0.287 e. The van der Waals surface area contributed by atoms with Gasteiger partial charge < -0.3 is 0 Å². The highest BCUT2D eigenvalue weighted by Gasteiger charge is 2.10. The Labute approximate surface area is 134 Å². The molecule has 0 spiro atoms. The molecule has 0 saturated carbocycles. The van der Waals surface area contributed by atoms with Gasteiger partial charge in [-0.2, -0.15) is 0 Å². The van der Waals surface area contributed by atoms with Crippen LogP contribution in [0.1, 0.15) is 31.4 Å². The molecule has 0 saturated heterocycles. The fourth-order valence-electron chi connectivity index (χ4n) is 2.13. The third kappa shape index (κ3) is 4.11. The maximum atomic E-state index is 12.6. The molecule has 0 N–H and O–H groups in total. The van der Waals surface area contributed by atoms with Crippen LogP contribution in [0.2, 0.25) is 5.02 Å². The fourth-order valence-corrected chi connectivity index (χ4v) is 2.97. The second kappa shape index (κ2) is 7.66. The number of hydrogen-bond acceptors (Lipinski definition) is 3. The lowest BCUT2D eigenvalue weighted by molar-refractivity contribution is 0.569. The lowest BCUT2D eigenvalue weighted by Crippen LogP contribution is -2.26. The zero-order valence-corrected chi connectivity index (χ0v) is 13.9. The van der Waals surface area contributed by atoms with Gasteiger partial charge in [0.1, 0.15) is 0 Å². The summed E-state index contributed by atoms with van der Waals surface area (Å²) in [4.78, 5) is 17.1. The monoisotopic (exact) mass is 322 g/mol. The van der Waals surface area contributed by atoms with Gasteiger partial charge in [-0.05, 0) is 29.9 Å². The molecule has 3 nitrogen and oxygen atoms in total. The van der Waals surface area contributed by atoms with E-state index in [2.05, 4.69) is 18.8 Å². The van der Waals surface area contributed by atoms with Crippen molar-refractivity contribution >= 4 is 23.4 Å². The average molecular weight is 323 g/mol. The molecule has 0 aliphatic carbocycles. The highest BCUT2D eigenvalue weighted by Crippen LogP contribution is 2.15. The van der Waals surface area contributed by atoms with Crippen LogP contribution in [0.15, 0.2) is 40.4 Å². The minimum Gasteiger partial charge on any atom is -0.287 e. The molecule has 0 aliphatic heterocycles. The van der Waals surface area contributed by atoms with E-state index in [1.165, 1.54) is 0 Å². The first kappa shape index (κ1) is 16.1. The first-order chi connectivity index (χ1) is 10.2. The van der Waals surface area contributed by atoms with E-state index in [1.54, 1.807) is 22.5 Å². The van der Waals surface area contributed by atoms with Crippen LogP contribution < -0.4 is 5.56 Å². The molecule has 1 aromatic heterocycles. The van der Waals surface area contributed by atoms with Gasteiger partial charge in [0.15, 0.2) is 5.16 Å². The van der Waals surface area contributed by atoms with Gasteiger partial charge in [0, 0.05) is 29.7 Å². The van der Waals surface area contributed by atoms with Gasteiger partial charge in [0.25, 0.3) is 5.56 Å². The molecule has 0 bridgehead atoms. The van der Waals surface area contributed by atoms with Crippen molar-refractivity contribution < 1.29 is 0 Å². The van der Waals surface area contributed by atoms with Crippen molar-refractivity contribution in [2.24, 2.45) is 0 Å². The van der Waals surface area contributed by atoms with Gasteiger partial charge >= 0.3 is 0 Å². The number of hydrogen-bond donors (Lipinski definition) is 0. The minimum atomic E-state index is 0.0674. The van der Waals surface area contributed by atoms with E-state index >= 15 is 0 Å². The summed E-state index contributed by atoms with van der Waals surface area (Å²) < 4.78 is 1.79. The van der Waals surface area contributed by atoms with Crippen LogP contribution in [0.3, 0.4) is 0 Å². The minimum absolute atomic E-state index is 0.0674. The SMILES string of the molecule is CCCn1c(SCC)ncc(Cc2ccc(Cl)cc2)c1=O. The molecular formula is C16H19ClN2OS. The van der Waals surface area contributed by atoms with E-state index in [0.29, 0.717) is 18.0 Å². The number of benzene rings is 1. The van der Waals surface area contributed by atoms with Crippen LogP contribution in [0.4, 0.5) is 0 Å². The van der Waals surface area contributed by atoms with E-state index in [0.717, 1.165) is 28.5 Å². The van der Waals surface area contributed by atoms with Crippen LogP contribution in [0.25, 0.3) is 0 Å². The van der Waals surface area contributed by atoms with Gasteiger partial charge in [-0.15, -0.1) is 0 Å². The molecule has 0 fully saturated rings. The van der Waals surface area contributed by atoms with Crippen molar-refractivity contribution in [3.63, 3.8) is 0 Å². The normalized spacial score (nSPS) is 10.8. The summed E-state index contributed by atoms with van der Waals surface area (Å²) in [6, 6.07) is 7.58. The quantitative estimate of drug-likeness (QED) is 0.595. The summed E-state index contributed by atoms with van der Waals surface area (Å²) in [7, 11) is 0. The van der Waals surface area contributed by atoms with Crippen LogP contribution in [0, 0.1) is 0 Å². The molecular weight excluding hydrogens is 304 g/mol. The molecule has 2 aromatic rings. The van der Waals surface area contributed by atoms with E-state index in [-0.39, 0.29) is 5.56 Å². The Morgan fingerprint density at radius 1 is 1.24 bits per heavy atom. The summed E-state index contributed by atoms with van der Waals surface area (Å²) in [5.41, 5.74) is 1.86. The lowest BCUT2D eigenvalue weighted by atomic mass is 10.1. The standard InChI is InChI=1S/C16H19ClN2OS/c1-3-9-19-15(20)13(11-18-16(19)21-4-2)10-12-5-7-14(17)8-6-12/h5-8,11H,3-4,9-10H2,1-2H3. The highest BCUT2D eigenvalue weighted by molar-refractivity contribution is 7.99. The summed E-state index contributed by atoms with van der Waals surface area (Å²) in [6.07, 6.45) is 3.22. The fraction of sp³-hybridized carbons (Fsp3) is 0.375. The topological polar surface area (TPSA) is 34.9 Å². The Balaban J connectivity index is 2.34. The molecule has 1 aromatic carbocycles. The zero-order chi connectivity index (χ0) is 15.2. The van der Waals surface area contributed by atoms with E-state index in [1.807, 2.05) is 24.3 Å². The average Bonchev–Trinajstić information content (AvgIpc) is 2.48. The van der Waals surface area contributed by atoms with Gasteiger partial charge in [-0.3, -0.25) is 9.36 Å². The first-order valence-electron chi connectivity index (χ1n) is 7.11. The van der Waals surface area contributed by atoms with Crippen molar-refractivity contribution in [1.29, 1.82) is 0 Å². The predicted molar refractivity (Wildman–Crippen MR) is 89.4 cm³/mol. The van der Waals surface area contributed by atoms with E-state index in [4.69, 9.17) is 11.6 Å². The molecule has 0 unspecified atom stereocenters. The third-order valence-electron chi connectivity index (χ3n) is 3.11. The van der Waals surface area contributed by atoms with Crippen LogP contribution in [-0.4, -0.2) is 15.3 Å². The van der Waals surface area contributed by atoms with Gasteiger partial charge in [0.05, 0.1) is 0 Å². The smallest absolute Gasteiger partial charge is 0.257 e. The predicted octanol–water partition coefficient (Wildman–Crippen LogP) is 4.01. The van der Waals surface area contributed by atoms with Crippen molar-refractivity contribution in [2.45, 2.75) is 38.4 Å². The van der Waals surface area contributed by atoms with Gasteiger partial charge in [0.2, 0.25) is 0 Å². The number of halogens is 1. The van der Waals surface area contributed by atoms with Gasteiger partial charge in [-0.1, -0.05) is 49.3 Å². The summed E-state index contributed by atoms with van der Waals surface area (Å²) in [6.45, 7) is 4.84. The second-order valence-corrected chi connectivity index (χ2v) is 6.43. The molecule has 5 heteroatoms. The molecule has 1 heterocycles. The Morgan fingerprint density at radius 3 is 2.57 bits per heavy atom. The van der Waals surface area contributed by atoms with Crippen molar-refractivity contribution in [1.82, 2.24) is 9.55 Å².